The van der Waals surface area contributed by atoms with Crippen molar-refractivity contribution < 1.29 is 13.9 Å². The molecule has 1 unspecified atom stereocenters. The second-order valence-corrected chi connectivity index (χ2v) is 4.51. The first kappa shape index (κ1) is 13.6. The number of amides is 1. The lowest BCUT2D eigenvalue weighted by Crippen LogP contribution is -2.43. The number of nitrogens with two attached hydrogens (primary N) is 1. The fourth-order valence-corrected chi connectivity index (χ4v) is 1.90. The molecule has 2 rings (SSSR count). The molecule has 1 aromatic heterocycles. The molecule has 1 aromatic carbocycles. The molecule has 1 heterocycles. The van der Waals surface area contributed by atoms with Gasteiger partial charge in [-0.1, -0.05) is 11.6 Å². The van der Waals surface area contributed by atoms with Gasteiger partial charge in [0.15, 0.2) is 5.76 Å². The molecule has 0 aliphatic heterocycles. The second-order valence-electron chi connectivity index (χ2n) is 4.51. The van der Waals surface area contributed by atoms with E-state index in [2.05, 4.69) is 5.32 Å². The van der Waals surface area contributed by atoms with Gasteiger partial charge in [0, 0.05) is 19.0 Å². The normalized spacial score (nSPS) is 12.6. The number of furan rings is 1. The minimum atomic E-state index is -0.277. The van der Waals surface area contributed by atoms with Crippen molar-refractivity contribution in [2.45, 2.75) is 13.0 Å². The van der Waals surface area contributed by atoms with Crippen LogP contribution in [-0.2, 0) is 4.74 Å². The third-order valence-electron chi connectivity index (χ3n) is 2.88. The first-order valence-corrected chi connectivity index (χ1v) is 6.14. The summed E-state index contributed by atoms with van der Waals surface area (Å²) in [6.07, 6.45) is 0. The van der Waals surface area contributed by atoms with E-state index in [-0.39, 0.29) is 17.7 Å². The summed E-state index contributed by atoms with van der Waals surface area (Å²) in [6.45, 7) is 2.69. The molecule has 0 spiro atoms. The Kier molecular flexibility index (Phi) is 4.19. The minimum absolute atomic E-state index is 0.215. The van der Waals surface area contributed by atoms with E-state index in [9.17, 15) is 4.79 Å². The number of nitrogens with one attached hydrogen (secondary N) is 1. The lowest BCUT2D eigenvalue weighted by molar-refractivity contribution is 0.0875. The van der Waals surface area contributed by atoms with E-state index in [1.54, 1.807) is 13.2 Å². The van der Waals surface area contributed by atoms with Crippen LogP contribution in [0.15, 0.2) is 28.7 Å². The third kappa shape index (κ3) is 3.13. The Morgan fingerprint density at radius 3 is 2.95 bits per heavy atom. The highest BCUT2D eigenvalue weighted by Crippen LogP contribution is 2.20. The number of rotatable bonds is 5. The molecule has 102 valence electrons. The average molecular weight is 262 g/mol. The molecule has 5 heteroatoms. The first-order valence-electron chi connectivity index (χ1n) is 6.14. The number of benzene rings is 1. The maximum Gasteiger partial charge on any atom is 0.287 e. The van der Waals surface area contributed by atoms with Crippen molar-refractivity contribution in [3.05, 3.63) is 35.6 Å². The molecule has 3 N–H and O–H groups in total. The Hall–Kier alpha value is -1.85. The predicted molar refractivity (Wildman–Crippen MR) is 73.1 cm³/mol. The van der Waals surface area contributed by atoms with Crippen LogP contribution in [-0.4, -0.2) is 32.2 Å². The van der Waals surface area contributed by atoms with E-state index in [1.165, 1.54) is 0 Å². The predicted octanol–water partition coefficient (Wildman–Crippen LogP) is 1.44. The molecule has 1 amide bonds. The van der Waals surface area contributed by atoms with Gasteiger partial charge in [-0.25, -0.2) is 0 Å². The molecule has 0 saturated carbocycles. The van der Waals surface area contributed by atoms with Crippen LogP contribution in [0.5, 0.6) is 0 Å². The van der Waals surface area contributed by atoms with Crippen LogP contribution in [0.4, 0.5) is 0 Å². The molecular weight excluding hydrogens is 244 g/mol. The number of aryl methyl sites for hydroxylation is 1. The smallest absolute Gasteiger partial charge is 0.287 e. The van der Waals surface area contributed by atoms with Crippen LogP contribution in [0, 0.1) is 6.92 Å². The molecule has 5 nitrogen and oxygen atoms in total. The van der Waals surface area contributed by atoms with E-state index in [0.717, 1.165) is 10.9 Å². The first-order chi connectivity index (χ1) is 9.13. The van der Waals surface area contributed by atoms with E-state index >= 15 is 0 Å². The van der Waals surface area contributed by atoms with Gasteiger partial charge < -0.3 is 20.2 Å². The minimum Gasteiger partial charge on any atom is -0.451 e. The SMILES string of the molecule is COCC(CN)NC(=O)c1cc2cc(C)ccc2o1. The molecule has 1 atom stereocenters. The van der Waals surface area contributed by atoms with Gasteiger partial charge in [0.1, 0.15) is 5.58 Å². The Morgan fingerprint density at radius 2 is 2.26 bits per heavy atom. The highest BCUT2D eigenvalue weighted by molar-refractivity contribution is 5.96. The monoisotopic (exact) mass is 262 g/mol. The van der Waals surface area contributed by atoms with Crippen molar-refractivity contribution in [1.29, 1.82) is 0 Å². The van der Waals surface area contributed by atoms with E-state index in [4.69, 9.17) is 14.9 Å². The van der Waals surface area contributed by atoms with Gasteiger partial charge in [0.05, 0.1) is 12.6 Å². The fraction of sp³-hybridized carbons (Fsp3) is 0.357. The van der Waals surface area contributed by atoms with E-state index < -0.39 is 0 Å². The van der Waals surface area contributed by atoms with Crippen LogP contribution in [0.25, 0.3) is 11.0 Å². The number of hydrogen-bond donors (Lipinski definition) is 2. The second kappa shape index (κ2) is 5.86. The summed E-state index contributed by atoms with van der Waals surface area (Å²) in [5.74, 6) is 0.0107. The molecule has 2 aromatic rings. The van der Waals surface area contributed by atoms with Crippen molar-refractivity contribution in [3.8, 4) is 0 Å². The van der Waals surface area contributed by atoms with E-state index in [1.807, 2.05) is 25.1 Å². The quantitative estimate of drug-likeness (QED) is 0.854. The number of hydrogen-bond acceptors (Lipinski definition) is 4. The zero-order valence-electron chi connectivity index (χ0n) is 11.1. The Labute approximate surface area is 111 Å². The van der Waals surface area contributed by atoms with Crippen molar-refractivity contribution in [2.75, 3.05) is 20.3 Å². The van der Waals surface area contributed by atoms with Crippen molar-refractivity contribution >= 4 is 16.9 Å². The lowest BCUT2D eigenvalue weighted by Gasteiger charge is -2.14. The number of ether oxygens (including phenoxy) is 1. The van der Waals surface area contributed by atoms with Gasteiger partial charge in [0.25, 0.3) is 5.91 Å². The molecule has 0 saturated heterocycles. The lowest BCUT2D eigenvalue weighted by atomic mass is 10.2. The number of carbonyl (C=O) groups excluding carboxylic acids is 1. The van der Waals surface area contributed by atoms with Gasteiger partial charge in [-0.05, 0) is 25.1 Å². The summed E-state index contributed by atoms with van der Waals surface area (Å²) in [6, 6.07) is 7.30. The van der Waals surface area contributed by atoms with Crippen LogP contribution >= 0.6 is 0 Å². The zero-order valence-corrected chi connectivity index (χ0v) is 11.1. The van der Waals surface area contributed by atoms with E-state index in [0.29, 0.717) is 18.7 Å². The molecule has 19 heavy (non-hydrogen) atoms. The molecular formula is C14H18N2O3. The summed E-state index contributed by atoms with van der Waals surface area (Å²) < 4.78 is 10.5. The summed E-state index contributed by atoms with van der Waals surface area (Å²) in [4.78, 5) is 12.0. The Morgan fingerprint density at radius 1 is 1.47 bits per heavy atom. The van der Waals surface area contributed by atoms with Crippen LogP contribution in [0.1, 0.15) is 16.1 Å². The molecule has 0 radical (unpaired) electrons. The van der Waals surface area contributed by atoms with Gasteiger partial charge >= 0.3 is 0 Å². The highest BCUT2D eigenvalue weighted by atomic mass is 16.5. The number of methoxy groups -OCH3 is 1. The highest BCUT2D eigenvalue weighted by Gasteiger charge is 2.16. The molecule has 0 aliphatic rings. The summed E-state index contributed by atoms with van der Waals surface area (Å²) in [7, 11) is 1.57. The van der Waals surface area contributed by atoms with Crippen LogP contribution in [0.2, 0.25) is 0 Å². The summed E-state index contributed by atoms with van der Waals surface area (Å²) in [5, 5.41) is 3.69. The number of fused-ring (bicyclic) bond motifs is 1. The Balaban J connectivity index is 2.17. The van der Waals surface area contributed by atoms with Crippen molar-refractivity contribution in [3.63, 3.8) is 0 Å². The average Bonchev–Trinajstić information content (AvgIpc) is 2.81. The standard InChI is InChI=1S/C14H18N2O3/c1-9-3-4-12-10(5-9)6-13(19-12)14(17)16-11(7-15)8-18-2/h3-6,11H,7-8,15H2,1-2H3,(H,16,17). The maximum absolute atomic E-state index is 12.0. The van der Waals surface area contributed by atoms with Gasteiger partial charge in [-0.15, -0.1) is 0 Å². The van der Waals surface area contributed by atoms with Crippen molar-refractivity contribution in [1.82, 2.24) is 5.32 Å². The molecule has 0 fully saturated rings. The van der Waals surface area contributed by atoms with Crippen LogP contribution < -0.4 is 11.1 Å². The summed E-state index contributed by atoms with van der Waals surface area (Å²) in [5.41, 5.74) is 7.38. The number of carbonyl (C=O) groups is 1. The maximum atomic E-state index is 12.0. The molecule has 0 bridgehead atoms. The van der Waals surface area contributed by atoms with Crippen molar-refractivity contribution in [2.24, 2.45) is 5.73 Å². The zero-order chi connectivity index (χ0) is 13.8. The van der Waals surface area contributed by atoms with Gasteiger partial charge in [0.2, 0.25) is 0 Å². The van der Waals surface area contributed by atoms with Gasteiger partial charge in [-0.2, -0.15) is 0 Å². The molecule has 0 aliphatic carbocycles. The Bertz CT molecular complexity index is 577. The van der Waals surface area contributed by atoms with Crippen LogP contribution in [0.3, 0.4) is 0 Å². The largest absolute Gasteiger partial charge is 0.451 e. The topological polar surface area (TPSA) is 77.5 Å². The summed E-state index contributed by atoms with van der Waals surface area (Å²) >= 11 is 0. The third-order valence-corrected chi connectivity index (χ3v) is 2.88. The fourth-order valence-electron chi connectivity index (χ4n) is 1.90. The van der Waals surface area contributed by atoms with Gasteiger partial charge in [-0.3, -0.25) is 4.79 Å².